The highest BCUT2D eigenvalue weighted by molar-refractivity contribution is 6.31. The van der Waals surface area contributed by atoms with E-state index in [1.165, 1.54) is 0 Å². The van der Waals surface area contributed by atoms with Gasteiger partial charge in [0.05, 0.1) is 11.4 Å². The number of nitrogens with zero attached hydrogens (tertiary/aromatic N) is 1. The molecule has 4 N–H and O–H groups in total. The van der Waals surface area contributed by atoms with E-state index in [9.17, 15) is 27.6 Å². The summed E-state index contributed by atoms with van der Waals surface area (Å²) in [5.41, 5.74) is 8.86. The van der Waals surface area contributed by atoms with Crippen molar-refractivity contribution in [1.29, 1.82) is 0 Å². The zero-order valence-electron chi connectivity index (χ0n) is 21.6. The molecule has 40 heavy (non-hydrogen) atoms. The van der Waals surface area contributed by atoms with E-state index in [2.05, 4.69) is 15.6 Å². The van der Waals surface area contributed by atoms with E-state index in [-0.39, 0.29) is 12.3 Å². The van der Waals surface area contributed by atoms with Crippen LogP contribution in [0.15, 0.2) is 47.5 Å². The zero-order chi connectivity index (χ0) is 28.6. The van der Waals surface area contributed by atoms with Crippen molar-refractivity contribution in [3.63, 3.8) is 0 Å². The van der Waals surface area contributed by atoms with E-state index in [4.69, 9.17) is 17.3 Å². The van der Waals surface area contributed by atoms with Crippen LogP contribution in [-0.4, -0.2) is 35.8 Å². The number of rotatable bonds is 10. The lowest BCUT2D eigenvalue weighted by atomic mass is 9.83. The van der Waals surface area contributed by atoms with Crippen molar-refractivity contribution in [1.82, 2.24) is 5.32 Å². The predicted octanol–water partition coefficient (Wildman–Crippen LogP) is 5.31. The normalized spacial score (nSPS) is 20.4. The molecule has 0 aromatic heterocycles. The van der Waals surface area contributed by atoms with Crippen molar-refractivity contribution in [2.45, 2.75) is 63.2 Å². The van der Waals surface area contributed by atoms with Gasteiger partial charge in [-0.3, -0.25) is 14.4 Å². The summed E-state index contributed by atoms with van der Waals surface area (Å²) >= 11 is 6.09. The van der Waals surface area contributed by atoms with Crippen molar-refractivity contribution in [3.05, 3.63) is 64.2 Å². The van der Waals surface area contributed by atoms with Crippen LogP contribution in [0.1, 0.15) is 67.6 Å². The van der Waals surface area contributed by atoms with Crippen LogP contribution in [-0.2, 0) is 14.4 Å². The molecule has 1 aliphatic heterocycles. The van der Waals surface area contributed by atoms with Gasteiger partial charge < -0.3 is 16.4 Å². The topological polar surface area (TPSA) is 114 Å². The molecule has 3 aliphatic rings. The molecule has 11 heteroatoms. The Morgan fingerprint density at radius 1 is 1.07 bits per heavy atom. The summed E-state index contributed by atoms with van der Waals surface area (Å²) in [5, 5.41) is 5.95. The maximum atomic E-state index is 13.5. The van der Waals surface area contributed by atoms with Gasteiger partial charge in [0.25, 0.3) is 5.91 Å². The number of halogens is 4. The third-order valence-corrected chi connectivity index (χ3v) is 7.98. The van der Waals surface area contributed by atoms with Gasteiger partial charge in [-0.1, -0.05) is 54.8 Å². The minimum absolute atomic E-state index is 0.143. The quantitative estimate of drug-likeness (QED) is 0.357. The molecule has 212 valence electrons. The molecule has 0 radical (unpaired) electrons. The highest BCUT2D eigenvalue weighted by Crippen LogP contribution is 2.45. The van der Waals surface area contributed by atoms with Gasteiger partial charge in [-0.05, 0) is 55.2 Å². The number of hydrogen-bond donors (Lipinski definition) is 3. The summed E-state index contributed by atoms with van der Waals surface area (Å²) in [6.07, 6.45) is -3.99. The van der Waals surface area contributed by atoms with Crippen LogP contribution < -0.4 is 16.4 Å². The third-order valence-electron chi connectivity index (χ3n) is 7.73. The summed E-state index contributed by atoms with van der Waals surface area (Å²) in [4.78, 5) is 43.9. The molecule has 1 heterocycles. The number of hydrogen-bond acceptors (Lipinski definition) is 4. The summed E-state index contributed by atoms with van der Waals surface area (Å²) < 4.78 is 39.5. The molecule has 3 atom stereocenters. The molecular weight excluding hydrogens is 545 g/mol. The van der Waals surface area contributed by atoms with Gasteiger partial charge in [0.15, 0.2) is 0 Å². The fraction of sp³-hybridized carbons (Fsp3) is 0.448. The van der Waals surface area contributed by atoms with E-state index in [1.807, 2.05) is 18.2 Å². The molecule has 0 spiro atoms. The van der Waals surface area contributed by atoms with Crippen molar-refractivity contribution in [2.75, 3.05) is 5.32 Å². The Labute approximate surface area is 234 Å². The van der Waals surface area contributed by atoms with Gasteiger partial charge in [-0.15, -0.1) is 0 Å². The number of fused-ring (bicyclic) bond motifs is 1. The number of benzene rings is 2. The van der Waals surface area contributed by atoms with Crippen LogP contribution in [0, 0.1) is 17.8 Å². The van der Waals surface area contributed by atoms with E-state index >= 15 is 0 Å². The van der Waals surface area contributed by atoms with Crippen molar-refractivity contribution in [2.24, 2.45) is 28.5 Å². The minimum atomic E-state index is -4.53. The molecule has 2 saturated carbocycles. The largest absolute Gasteiger partial charge is 0.389 e. The Kier molecular flexibility index (Phi) is 7.90. The molecule has 0 saturated heterocycles. The molecule has 5 rings (SSSR count). The van der Waals surface area contributed by atoms with Crippen molar-refractivity contribution < 1.29 is 27.6 Å². The first-order valence-electron chi connectivity index (χ1n) is 13.4. The number of nitrogens with two attached hydrogens (primary N) is 1. The SMILES string of the molecule is NC(=O)C(CC1CC1)C(CCC(F)(F)F)C(=O)NC1N=C(c2ccc(Cl)cc2)c2cccc(C3CC3)c2NC1=O. The van der Waals surface area contributed by atoms with Gasteiger partial charge in [0.2, 0.25) is 18.0 Å². The first-order valence-corrected chi connectivity index (χ1v) is 13.8. The van der Waals surface area contributed by atoms with Crippen molar-refractivity contribution in [3.8, 4) is 0 Å². The summed E-state index contributed by atoms with van der Waals surface area (Å²) in [6, 6.07) is 12.5. The second kappa shape index (κ2) is 11.2. The number of aliphatic imine (C=N–C) groups is 1. The Morgan fingerprint density at radius 3 is 2.38 bits per heavy atom. The number of alkyl halides is 3. The number of amides is 3. The highest BCUT2D eigenvalue weighted by Gasteiger charge is 2.41. The average Bonchev–Trinajstić information content (AvgIpc) is 3.80. The Hall–Kier alpha value is -3.40. The number of para-hydroxylation sites is 1. The van der Waals surface area contributed by atoms with Gasteiger partial charge in [-0.2, -0.15) is 13.2 Å². The predicted molar refractivity (Wildman–Crippen MR) is 145 cm³/mol. The third kappa shape index (κ3) is 6.66. The molecule has 3 amide bonds. The second-order valence-electron chi connectivity index (χ2n) is 10.9. The van der Waals surface area contributed by atoms with E-state index in [0.717, 1.165) is 31.2 Å². The van der Waals surface area contributed by atoms with Gasteiger partial charge in [0.1, 0.15) is 0 Å². The van der Waals surface area contributed by atoms with Crippen LogP contribution in [0.4, 0.5) is 18.9 Å². The number of nitrogens with one attached hydrogen (secondary N) is 2. The maximum Gasteiger partial charge on any atom is 0.389 e. The maximum absolute atomic E-state index is 13.5. The smallest absolute Gasteiger partial charge is 0.369 e. The molecule has 2 aliphatic carbocycles. The van der Waals surface area contributed by atoms with E-state index < -0.39 is 54.7 Å². The summed E-state index contributed by atoms with van der Waals surface area (Å²) in [6.45, 7) is 0. The molecule has 2 aromatic carbocycles. The first-order chi connectivity index (χ1) is 19.0. The minimum Gasteiger partial charge on any atom is -0.369 e. The van der Waals surface area contributed by atoms with Gasteiger partial charge in [-0.25, -0.2) is 4.99 Å². The van der Waals surface area contributed by atoms with Crippen LogP contribution in [0.2, 0.25) is 5.02 Å². The monoisotopic (exact) mass is 574 g/mol. The molecular formula is C29H30ClF3N4O3. The Morgan fingerprint density at radius 2 is 1.77 bits per heavy atom. The molecule has 0 bridgehead atoms. The van der Waals surface area contributed by atoms with Crippen LogP contribution in [0.3, 0.4) is 0 Å². The van der Waals surface area contributed by atoms with E-state index in [1.54, 1.807) is 24.3 Å². The number of carbonyl (C=O) groups is 3. The zero-order valence-corrected chi connectivity index (χ0v) is 22.4. The van der Waals surface area contributed by atoms with Crippen molar-refractivity contribution >= 4 is 40.7 Å². The molecule has 7 nitrogen and oxygen atoms in total. The van der Waals surface area contributed by atoms with Crippen LogP contribution in [0.5, 0.6) is 0 Å². The lowest BCUT2D eigenvalue weighted by molar-refractivity contribution is -0.146. The first kappa shape index (κ1) is 28.1. The lowest BCUT2D eigenvalue weighted by Crippen LogP contribution is -2.48. The Balaban J connectivity index is 1.49. The van der Waals surface area contributed by atoms with Crippen LogP contribution >= 0.6 is 11.6 Å². The second-order valence-corrected chi connectivity index (χ2v) is 11.3. The highest BCUT2D eigenvalue weighted by atomic mass is 35.5. The lowest BCUT2D eigenvalue weighted by Gasteiger charge is -2.26. The molecule has 3 unspecified atom stereocenters. The molecule has 2 aromatic rings. The molecule has 2 fully saturated rings. The van der Waals surface area contributed by atoms with Crippen LogP contribution in [0.25, 0.3) is 0 Å². The standard InChI is InChI=1S/C29H30ClF3N4O3/c30-18-10-8-17(9-11-18)23-21-3-1-2-19(16-6-7-16)24(21)36-28(40)26(35-23)37-27(39)20(12-13-29(31,32)33)22(25(34)38)14-15-4-5-15/h1-3,8-11,15-16,20,22,26H,4-7,12-14H2,(H2,34,38)(H,36,40)(H,37,39). The Bertz CT molecular complexity index is 1340. The average molecular weight is 575 g/mol. The van der Waals surface area contributed by atoms with E-state index in [0.29, 0.717) is 33.5 Å². The fourth-order valence-electron chi connectivity index (χ4n) is 5.29. The summed E-state index contributed by atoms with van der Waals surface area (Å²) in [7, 11) is 0. The summed E-state index contributed by atoms with van der Waals surface area (Å²) in [5.74, 6) is -4.31. The number of benzodiazepines with no additional fused rings is 1. The number of anilines is 1. The fourth-order valence-corrected chi connectivity index (χ4v) is 5.42. The number of carbonyl (C=O) groups excluding carboxylic acids is 3. The number of primary amides is 1. The van der Waals surface area contributed by atoms with Gasteiger partial charge >= 0.3 is 6.18 Å². The van der Waals surface area contributed by atoms with Gasteiger partial charge in [0, 0.05) is 34.4 Å².